The molecule has 2 aromatic carbocycles. The number of hydrogen-bond acceptors (Lipinski definition) is 4. The lowest BCUT2D eigenvalue weighted by Gasteiger charge is -2.14. The molecule has 27 heavy (non-hydrogen) atoms. The number of amides is 1. The molecule has 1 amide bonds. The molecule has 3 aromatic rings. The number of benzene rings is 2. The molecule has 0 fully saturated rings. The average Bonchev–Trinajstić information content (AvgIpc) is 2.61. The summed E-state index contributed by atoms with van der Waals surface area (Å²) in [6.45, 7) is 6.00. The van der Waals surface area contributed by atoms with Crippen molar-refractivity contribution in [3.63, 3.8) is 0 Å². The fraction of sp³-hybridized carbons (Fsp3) is 0.190. The van der Waals surface area contributed by atoms with Gasteiger partial charge in [-0.1, -0.05) is 49.7 Å². The lowest BCUT2D eigenvalue weighted by molar-refractivity contribution is 0.102. The Kier molecular flexibility index (Phi) is 5.72. The second kappa shape index (κ2) is 8.18. The molecule has 1 heterocycles. The highest BCUT2D eigenvalue weighted by molar-refractivity contribution is 6.30. The fourth-order valence-electron chi connectivity index (χ4n) is 2.74. The normalized spacial score (nSPS) is 10.7. The predicted molar refractivity (Wildman–Crippen MR) is 110 cm³/mol. The van der Waals surface area contributed by atoms with E-state index in [-0.39, 0.29) is 5.91 Å². The molecule has 0 aliphatic carbocycles. The number of aryl methyl sites for hydroxylation is 1. The number of hydrogen-bond donors (Lipinski definition) is 2. The van der Waals surface area contributed by atoms with Gasteiger partial charge in [0.25, 0.3) is 5.91 Å². The number of nitrogens with one attached hydrogen (secondary N) is 2. The van der Waals surface area contributed by atoms with Gasteiger partial charge in [0.05, 0.1) is 0 Å². The van der Waals surface area contributed by atoms with E-state index in [1.807, 2.05) is 43.3 Å². The lowest BCUT2D eigenvalue weighted by atomic mass is 10.0. The Bertz CT molecular complexity index is 972. The fourth-order valence-corrected chi connectivity index (χ4v) is 2.93. The van der Waals surface area contributed by atoms with Crippen molar-refractivity contribution in [2.24, 2.45) is 0 Å². The molecule has 5 nitrogen and oxygen atoms in total. The molecule has 3 rings (SSSR count). The van der Waals surface area contributed by atoms with Crippen molar-refractivity contribution >= 4 is 34.8 Å². The van der Waals surface area contributed by atoms with Crippen LogP contribution in [0, 0.1) is 6.92 Å². The predicted octanol–water partition coefficient (Wildman–Crippen LogP) is 5.56. The molecule has 0 bridgehead atoms. The van der Waals surface area contributed by atoms with E-state index in [4.69, 9.17) is 11.6 Å². The minimum atomic E-state index is -0.275. The van der Waals surface area contributed by atoms with E-state index in [2.05, 4.69) is 34.4 Å². The van der Waals surface area contributed by atoms with Crippen LogP contribution in [0.5, 0.6) is 0 Å². The van der Waals surface area contributed by atoms with Gasteiger partial charge in [0, 0.05) is 22.1 Å². The van der Waals surface area contributed by atoms with E-state index in [1.165, 1.54) is 0 Å². The van der Waals surface area contributed by atoms with E-state index >= 15 is 0 Å². The van der Waals surface area contributed by atoms with Crippen molar-refractivity contribution < 1.29 is 4.79 Å². The Hall–Kier alpha value is -2.92. The topological polar surface area (TPSA) is 66.9 Å². The second-order valence-corrected chi connectivity index (χ2v) is 6.99. The zero-order valence-corrected chi connectivity index (χ0v) is 16.2. The molecule has 0 spiro atoms. The van der Waals surface area contributed by atoms with Crippen LogP contribution in [0.25, 0.3) is 0 Å². The van der Waals surface area contributed by atoms with E-state index in [0.717, 1.165) is 16.9 Å². The van der Waals surface area contributed by atoms with Crippen LogP contribution in [0.3, 0.4) is 0 Å². The highest BCUT2D eigenvalue weighted by Gasteiger charge is 2.14. The van der Waals surface area contributed by atoms with Gasteiger partial charge in [0.2, 0.25) is 5.95 Å². The van der Waals surface area contributed by atoms with Gasteiger partial charge in [-0.15, -0.1) is 0 Å². The SMILES string of the molecule is Cc1cc(C(=O)Nc2ccccc2C(C)C)nc(Nc2cccc(Cl)c2)n1. The van der Waals surface area contributed by atoms with Gasteiger partial charge in [0.15, 0.2) is 0 Å². The third-order valence-corrected chi connectivity index (χ3v) is 4.23. The van der Waals surface area contributed by atoms with E-state index in [0.29, 0.717) is 28.3 Å². The number of carbonyl (C=O) groups excluding carboxylic acids is 1. The van der Waals surface area contributed by atoms with Crippen LogP contribution >= 0.6 is 11.6 Å². The number of rotatable bonds is 5. The number of nitrogens with zero attached hydrogens (tertiary/aromatic N) is 2. The number of carbonyl (C=O) groups is 1. The zero-order valence-electron chi connectivity index (χ0n) is 15.5. The Morgan fingerprint density at radius 3 is 2.56 bits per heavy atom. The number of anilines is 3. The van der Waals surface area contributed by atoms with Gasteiger partial charge in [0.1, 0.15) is 5.69 Å². The van der Waals surface area contributed by atoms with Crippen molar-refractivity contribution in [3.8, 4) is 0 Å². The molecule has 0 saturated heterocycles. The maximum absolute atomic E-state index is 12.7. The highest BCUT2D eigenvalue weighted by atomic mass is 35.5. The summed E-state index contributed by atoms with van der Waals surface area (Å²) >= 11 is 6.01. The van der Waals surface area contributed by atoms with Gasteiger partial charge < -0.3 is 10.6 Å². The summed E-state index contributed by atoms with van der Waals surface area (Å²) in [5.74, 6) is 0.371. The number of aromatic nitrogens is 2. The third-order valence-electron chi connectivity index (χ3n) is 4.00. The van der Waals surface area contributed by atoms with Crippen LogP contribution in [0.15, 0.2) is 54.6 Å². The maximum Gasteiger partial charge on any atom is 0.274 e. The molecule has 0 aliphatic rings. The first-order chi connectivity index (χ1) is 12.9. The van der Waals surface area contributed by atoms with Gasteiger partial charge in [-0.25, -0.2) is 9.97 Å². The lowest BCUT2D eigenvalue weighted by Crippen LogP contribution is -2.16. The second-order valence-electron chi connectivity index (χ2n) is 6.55. The Labute approximate surface area is 163 Å². The van der Waals surface area contributed by atoms with E-state index < -0.39 is 0 Å². The molecule has 138 valence electrons. The van der Waals surface area contributed by atoms with E-state index in [1.54, 1.807) is 18.2 Å². The summed E-state index contributed by atoms with van der Waals surface area (Å²) in [5.41, 5.74) is 3.61. The highest BCUT2D eigenvalue weighted by Crippen LogP contribution is 2.24. The van der Waals surface area contributed by atoms with Crippen molar-refractivity contribution in [2.75, 3.05) is 10.6 Å². The smallest absolute Gasteiger partial charge is 0.274 e. The van der Waals surface area contributed by atoms with Gasteiger partial charge >= 0.3 is 0 Å². The first-order valence-corrected chi connectivity index (χ1v) is 9.08. The largest absolute Gasteiger partial charge is 0.324 e. The summed E-state index contributed by atoms with van der Waals surface area (Å²) in [6, 6.07) is 16.7. The summed E-state index contributed by atoms with van der Waals surface area (Å²) in [4.78, 5) is 21.5. The molecule has 1 aromatic heterocycles. The van der Waals surface area contributed by atoms with Crippen molar-refractivity contribution in [2.45, 2.75) is 26.7 Å². The van der Waals surface area contributed by atoms with Gasteiger partial charge in [-0.3, -0.25) is 4.79 Å². The van der Waals surface area contributed by atoms with Crippen molar-refractivity contribution in [1.29, 1.82) is 0 Å². The standard InChI is InChI=1S/C21H21ClN4O/c1-13(2)17-9-4-5-10-18(17)25-20(27)19-11-14(3)23-21(26-19)24-16-8-6-7-15(22)12-16/h4-13H,1-3H3,(H,25,27)(H,23,24,26). The van der Waals surface area contributed by atoms with Crippen LogP contribution in [0.2, 0.25) is 5.02 Å². The molecule has 0 aliphatic heterocycles. The third kappa shape index (κ3) is 4.83. The molecule has 0 unspecified atom stereocenters. The Morgan fingerprint density at radius 2 is 1.81 bits per heavy atom. The molecule has 2 N–H and O–H groups in total. The summed E-state index contributed by atoms with van der Waals surface area (Å²) < 4.78 is 0. The maximum atomic E-state index is 12.7. The van der Waals surface area contributed by atoms with Gasteiger partial charge in [-0.05, 0) is 48.7 Å². The van der Waals surface area contributed by atoms with Crippen LogP contribution in [-0.2, 0) is 0 Å². The first-order valence-electron chi connectivity index (χ1n) is 8.71. The van der Waals surface area contributed by atoms with E-state index in [9.17, 15) is 4.79 Å². The minimum Gasteiger partial charge on any atom is -0.324 e. The summed E-state index contributed by atoms with van der Waals surface area (Å²) in [5, 5.41) is 6.65. The van der Waals surface area contributed by atoms with Gasteiger partial charge in [-0.2, -0.15) is 0 Å². The Balaban J connectivity index is 1.84. The van der Waals surface area contributed by atoms with Crippen LogP contribution in [0.1, 0.15) is 41.5 Å². The zero-order chi connectivity index (χ0) is 19.4. The number of para-hydroxylation sites is 1. The molecule has 6 heteroatoms. The van der Waals surface area contributed by atoms with Crippen molar-refractivity contribution in [1.82, 2.24) is 9.97 Å². The monoisotopic (exact) mass is 380 g/mol. The van der Waals surface area contributed by atoms with Crippen LogP contribution < -0.4 is 10.6 Å². The average molecular weight is 381 g/mol. The quantitative estimate of drug-likeness (QED) is 0.608. The summed E-state index contributed by atoms with van der Waals surface area (Å²) in [6.07, 6.45) is 0. The molecule has 0 saturated carbocycles. The first kappa shape index (κ1) is 18.9. The van der Waals surface area contributed by atoms with Crippen molar-refractivity contribution in [3.05, 3.63) is 76.6 Å². The molecule has 0 atom stereocenters. The van der Waals surface area contributed by atoms with Crippen LogP contribution in [-0.4, -0.2) is 15.9 Å². The molecular weight excluding hydrogens is 360 g/mol. The Morgan fingerprint density at radius 1 is 1.04 bits per heavy atom. The molecule has 0 radical (unpaired) electrons. The number of halogens is 1. The summed E-state index contributed by atoms with van der Waals surface area (Å²) in [7, 11) is 0. The minimum absolute atomic E-state index is 0.275. The van der Waals surface area contributed by atoms with Crippen LogP contribution in [0.4, 0.5) is 17.3 Å². The molecular formula is C21H21ClN4O.